The van der Waals surface area contributed by atoms with Crippen LogP contribution in [0, 0.1) is 0 Å². The highest BCUT2D eigenvalue weighted by atomic mass is 32.2. The molecule has 1 saturated heterocycles. The van der Waals surface area contributed by atoms with Crippen molar-refractivity contribution in [3.05, 3.63) is 35.6 Å². The smallest absolute Gasteiger partial charge is 0.339 e. The molecule has 1 aliphatic heterocycles. The van der Waals surface area contributed by atoms with Crippen molar-refractivity contribution < 1.29 is 14.3 Å². The first-order chi connectivity index (χ1) is 9.65. The van der Waals surface area contributed by atoms with E-state index < -0.39 is 5.97 Å². The molecule has 5 heteroatoms. The molecule has 106 valence electrons. The minimum Gasteiger partial charge on any atom is -0.478 e. The Morgan fingerprint density at radius 3 is 3.05 bits per heavy atom. The van der Waals surface area contributed by atoms with E-state index in [0.717, 1.165) is 18.8 Å². The van der Waals surface area contributed by atoms with Crippen LogP contribution in [-0.4, -0.2) is 40.1 Å². The van der Waals surface area contributed by atoms with Gasteiger partial charge in [0.05, 0.1) is 6.54 Å². The number of carboxylic acid groups (broad SMARTS) is 1. The molecule has 4 nitrogen and oxygen atoms in total. The van der Waals surface area contributed by atoms with Gasteiger partial charge >= 0.3 is 5.97 Å². The van der Waals surface area contributed by atoms with Crippen LogP contribution >= 0.6 is 11.8 Å². The van der Waals surface area contributed by atoms with Crippen molar-refractivity contribution in [3.63, 3.8) is 0 Å². The fraction of sp³-hybridized carbons (Fsp3) is 0.400. The fourth-order valence-electron chi connectivity index (χ4n) is 2.68. The summed E-state index contributed by atoms with van der Waals surface area (Å²) < 4.78 is 5.77. The molecule has 1 aliphatic rings. The first-order valence-corrected chi connectivity index (χ1v) is 7.77. The number of thioether (sulfide) groups is 1. The second kappa shape index (κ2) is 5.50. The molecule has 0 bridgehead atoms. The van der Waals surface area contributed by atoms with E-state index in [1.165, 1.54) is 0 Å². The summed E-state index contributed by atoms with van der Waals surface area (Å²) in [5.74, 6) is 0.742. The summed E-state index contributed by atoms with van der Waals surface area (Å²) in [6, 6.07) is 7.33. The molecular formula is C15H17NO3S. The van der Waals surface area contributed by atoms with Gasteiger partial charge in [-0.15, -0.1) is 0 Å². The maximum Gasteiger partial charge on any atom is 0.339 e. The molecule has 1 atom stereocenters. The van der Waals surface area contributed by atoms with Crippen LogP contribution in [0.15, 0.2) is 28.7 Å². The average molecular weight is 291 g/mol. The first kappa shape index (κ1) is 13.5. The molecule has 1 fully saturated rings. The number of para-hydroxylation sites is 1. The van der Waals surface area contributed by atoms with Crippen molar-refractivity contribution >= 4 is 28.7 Å². The third-order valence-electron chi connectivity index (χ3n) is 3.57. The van der Waals surface area contributed by atoms with E-state index in [4.69, 9.17) is 4.42 Å². The van der Waals surface area contributed by atoms with E-state index in [1.54, 1.807) is 6.07 Å². The Hall–Kier alpha value is -1.46. The van der Waals surface area contributed by atoms with E-state index in [1.807, 2.05) is 30.0 Å². The number of carbonyl (C=O) groups is 1. The minimum atomic E-state index is -0.913. The number of aromatic carboxylic acids is 1. The van der Waals surface area contributed by atoms with Crippen molar-refractivity contribution in [2.75, 3.05) is 18.8 Å². The van der Waals surface area contributed by atoms with Gasteiger partial charge < -0.3 is 9.52 Å². The summed E-state index contributed by atoms with van der Waals surface area (Å²) in [7, 11) is 0. The molecule has 1 N–H and O–H groups in total. The highest BCUT2D eigenvalue weighted by molar-refractivity contribution is 7.99. The van der Waals surface area contributed by atoms with Crippen LogP contribution in [0.25, 0.3) is 11.0 Å². The lowest BCUT2D eigenvalue weighted by molar-refractivity contribution is 0.0694. The van der Waals surface area contributed by atoms with Gasteiger partial charge in [0.2, 0.25) is 0 Å². The summed E-state index contributed by atoms with van der Waals surface area (Å²) in [6.07, 6.45) is 0. The number of hydrogen-bond donors (Lipinski definition) is 1. The number of nitrogens with zero attached hydrogens (tertiary/aromatic N) is 1. The van der Waals surface area contributed by atoms with Crippen LogP contribution in [0.1, 0.15) is 23.0 Å². The third kappa shape index (κ3) is 2.55. The largest absolute Gasteiger partial charge is 0.478 e. The minimum absolute atomic E-state index is 0.312. The Balaban J connectivity index is 1.94. The lowest BCUT2D eigenvalue weighted by Crippen LogP contribution is -2.36. The number of furan rings is 1. The molecule has 0 saturated carbocycles. The maximum absolute atomic E-state index is 11.5. The van der Waals surface area contributed by atoms with Crippen LogP contribution in [0.4, 0.5) is 0 Å². The molecule has 0 amide bonds. The van der Waals surface area contributed by atoms with Gasteiger partial charge in [-0.25, -0.2) is 4.79 Å². The standard InChI is InChI=1S/C15H17NO3S/c1-10-8-16(6-7-20-10)9-13-14(15(17)18)11-4-2-3-5-12(11)19-13/h2-5,10H,6-9H2,1H3,(H,17,18). The van der Waals surface area contributed by atoms with Crippen LogP contribution in [0.3, 0.4) is 0 Å². The first-order valence-electron chi connectivity index (χ1n) is 6.73. The monoisotopic (exact) mass is 291 g/mol. The van der Waals surface area contributed by atoms with Crippen LogP contribution in [-0.2, 0) is 6.54 Å². The number of fused-ring (bicyclic) bond motifs is 1. The molecule has 1 unspecified atom stereocenters. The SMILES string of the molecule is CC1CN(Cc2oc3ccccc3c2C(=O)O)CCS1. The number of hydrogen-bond acceptors (Lipinski definition) is 4. The zero-order valence-corrected chi connectivity index (χ0v) is 12.2. The van der Waals surface area contributed by atoms with Gasteiger partial charge in [0.15, 0.2) is 0 Å². The Labute approximate surface area is 121 Å². The number of carboxylic acids is 1. The molecule has 3 rings (SSSR count). The Bertz CT molecular complexity index is 637. The molecule has 0 aliphatic carbocycles. The number of rotatable bonds is 3. The van der Waals surface area contributed by atoms with Crippen molar-refractivity contribution in [1.29, 1.82) is 0 Å². The summed E-state index contributed by atoms with van der Waals surface area (Å²) in [6.45, 7) is 4.72. The Morgan fingerprint density at radius 2 is 2.30 bits per heavy atom. The molecule has 2 heterocycles. The van der Waals surface area contributed by atoms with E-state index in [0.29, 0.717) is 34.1 Å². The van der Waals surface area contributed by atoms with Crippen LogP contribution in [0.5, 0.6) is 0 Å². The van der Waals surface area contributed by atoms with Gasteiger partial charge in [-0.1, -0.05) is 25.1 Å². The van der Waals surface area contributed by atoms with E-state index >= 15 is 0 Å². The highest BCUT2D eigenvalue weighted by Crippen LogP contribution is 2.28. The van der Waals surface area contributed by atoms with E-state index in [-0.39, 0.29) is 0 Å². The average Bonchev–Trinajstić information content (AvgIpc) is 2.76. The maximum atomic E-state index is 11.5. The Morgan fingerprint density at radius 1 is 1.50 bits per heavy atom. The third-order valence-corrected chi connectivity index (χ3v) is 4.71. The van der Waals surface area contributed by atoms with Gasteiger partial charge in [-0.3, -0.25) is 4.90 Å². The summed E-state index contributed by atoms with van der Waals surface area (Å²) in [5, 5.41) is 10.7. The predicted molar refractivity (Wildman–Crippen MR) is 80.4 cm³/mol. The van der Waals surface area contributed by atoms with Crippen molar-refractivity contribution in [3.8, 4) is 0 Å². The predicted octanol–water partition coefficient (Wildman–Crippen LogP) is 3.07. The van der Waals surface area contributed by atoms with Gasteiger partial charge in [0.25, 0.3) is 0 Å². The van der Waals surface area contributed by atoms with Gasteiger partial charge in [0, 0.05) is 29.5 Å². The lowest BCUT2D eigenvalue weighted by atomic mass is 10.1. The van der Waals surface area contributed by atoms with Gasteiger partial charge in [0.1, 0.15) is 16.9 Å². The summed E-state index contributed by atoms with van der Waals surface area (Å²) >= 11 is 1.96. The molecule has 1 aromatic heterocycles. The molecular weight excluding hydrogens is 274 g/mol. The second-order valence-electron chi connectivity index (χ2n) is 5.12. The molecule has 2 aromatic rings. The van der Waals surface area contributed by atoms with E-state index in [9.17, 15) is 9.90 Å². The molecule has 0 radical (unpaired) electrons. The highest BCUT2D eigenvalue weighted by Gasteiger charge is 2.24. The fourth-order valence-corrected chi connectivity index (χ4v) is 3.76. The zero-order chi connectivity index (χ0) is 14.1. The molecule has 1 aromatic carbocycles. The zero-order valence-electron chi connectivity index (χ0n) is 11.3. The van der Waals surface area contributed by atoms with Crippen LogP contribution < -0.4 is 0 Å². The summed E-state index contributed by atoms with van der Waals surface area (Å²) in [4.78, 5) is 13.8. The van der Waals surface area contributed by atoms with Crippen molar-refractivity contribution in [1.82, 2.24) is 4.90 Å². The second-order valence-corrected chi connectivity index (χ2v) is 6.66. The van der Waals surface area contributed by atoms with E-state index in [2.05, 4.69) is 11.8 Å². The topological polar surface area (TPSA) is 53.7 Å². The quantitative estimate of drug-likeness (QED) is 0.942. The van der Waals surface area contributed by atoms with Gasteiger partial charge in [-0.2, -0.15) is 11.8 Å². The van der Waals surface area contributed by atoms with Crippen molar-refractivity contribution in [2.45, 2.75) is 18.7 Å². The van der Waals surface area contributed by atoms with Crippen LogP contribution in [0.2, 0.25) is 0 Å². The lowest BCUT2D eigenvalue weighted by Gasteiger charge is -2.29. The molecule has 0 spiro atoms. The Kier molecular flexibility index (Phi) is 3.72. The number of benzene rings is 1. The molecule has 20 heavy (non-hydrogen) atoms. The van der Waals surface area contributed by atoms with Gasteiger partial charge in [-0.05, 0) is 6.07 Å². The van der Waals surface area contributed by atoms with Crippen molar-refractivity contribution in [2.24, 2.45) is 0 Å². The summed E-state index contributed by atoms with van der Waals surface area (Å²) in [5.41, 5.74) is 0.964. The normalized spacial score (nSPS) is 20.4.